The average Bonchev–Trinajstić information content (AvgIpc) is 3.32. The molecule has 0 aromatic carbocycles. The van der Waals surface area contributed by atoms with Crippen molar-refractivity contribution in [1.29, 1.82) is 0 Å². The second-order valence-electron chi connectivity index (χ2n) is 8.30. The van der Waals surface area contributed by atoms with Gasteiger partial charge in [-0.25, -0.2) is 4.99 Å². The summed E-state index contributed by atoms with van der Waals surface area (Å²) in [4.78, 5) is 9.99. The SMILES string of the molecule is CCOCCCNC(=NCc1nnc(C)n1C)N1CCC(CN2CCCCC2)C1. The second-order valence-corrected chi connectivity index (χ2v) is 8.30. The number of ether oxygens (including phenoxy) is 1. The Morgan fingerprint density at radius 3 is 2.76 bits per heavy atom. The van der Waals surface area contributed by atoms with Crippen LogP contribution in [-0.4, -0.2) is 83.0 Å². The third-order valence-corrected chi connectivity index (χ3v) is 6.06. The van der Waals surface area contributed by atoms with Gasteiger partial charge in [0.2, 0.25) is 0 Å². The number of aromatic nitrogens is 3. The van der Waals surface area contributed by atoms with Crippen molar-refractivity contribution >= 4 is 5.96 Å². The monoisotopic (exact) mass is 405 g/mol. The Bertz CT molecular complexity index is 639. The molecule has 0 saturated carbocycles. The summed E-state index contributed by atoms with van der Waals surface area (Å²) in [6.45, 7) is 13.0. The number of nitrogens with one attached hydrogen (secondary N) is 1. The Morgan fingerprint density at radius 2 is 2.03 bits per heavy atom. The highest BCUT2D eigenvalue weighted by Gasteiger charge is 2.27. The molecular formula is C21H39N7O. The molecule has 2 fully saturated rings. The van der Waals surface area contributed by atoms with Crippen LogP contribution in [0.5, 0.6) is 0 Å². The molecule has 0 amide bonds. The summed E-state index contributed by atoms with van der Waals surface area (Å²) >= 11 is 0. The molecule has 1 unspecified atom stereocenters. The molecule has 3 heterocycles. The Balaban J connectivity index is 1.56. The highest BCUT2D eigenvalue weighted by atomic mass is 16.5. The minimum Gasteiger partial charge on any atom is -0.382 e. The lowest BCUT2D eigenvalue weighted by molar-refractivity contribution is 0.145. The maximum absolute atomic E-state index is 5.47. The minimum absolute atomic E-state index is 0.554. The molecule has 2 saturated heterocycles. The van der Waals surface area contributed by atoms with Crippen LogP contribution in [0.4, 0.5) is 0 Å². The molecule has 1 N–H and O–H groups in total. The van der Waals surface area contributed by atoms with E-state index in [0.717, 1.165) is 62.8 Å². The second kappa shape index (κ2) is 11.5. The van der Waals surface area contributed by atoms with Crippen LogP contribution in [0.1, 0.15) is 50.7 Å². The zero-order valence-corrected chi connectivity index (χ0v) is 18.6. The normalized spacial score (nSPS) is 21.1. The lowest BCUT2D eigenvalue weighted by Crippen LogP contribution is -2.42. The molecule has 0 spiro atoms. The van der Waals surface area contributed by atoms with Gasteiger partial charge in [-0.15, -0.1) is 10.2 Å². The molecule has 3 rings (SSSR count). The van der Waals surface area contributed by atoms with Gasteiger partial charge in [-0.3, -0.25) is 0 Å². The number of aliphatic imine (C=N–C) groups is 1. The van der Waals surface area contributed by atoms with Crippen molar-refractivity contribution in [1.82, 2.24) is 29.9 Å². The predicted octanol–water partition coefficient (Wildman–Crippen LogP) is 1.80. The number of guanidine groups is 1. The van der Waals surface area contributed by atoms with Gasteiger partial charge in [0.1, 0.15) is 12.4 Å². The first-order valence-corrected chi connectivity index (χ1v) is 11.4. The number of hydrogen-bond acceptors (Lipinski definition) is 5. The zero-order valence-electron chi connectivity index (χ0n) is 18.6. The average molecular weight is 406 g/mol. The molecule has 1 aromatic heterocycles. The van der Waals surface area contributed by atoms with Crippen molar-refractivity contribution in [3.63, 3.8) is 0 Å². The van der Waals surface area contributed by atoms with Crippen LogP contribution in [0.25, 0.3) is 0 Å². The van der Waals surface area contributed by atoms with Gasteiger partial charge in [-0.2, -0.15) is 0 Å². The smallest absolute Gasteiger partial charge is 0.194 e. The molecule has 0 bridgehead atoms. The van der Waals surface area contributed by atoms with Gasteiger partial charge in [-0.05, 0) is 58.5 Å². The number of hydrogen-bond donors (Lipinski definition) is 1. The van der Waals surface area contributed by atoms with Crippen LogP contribution >= 0.6 is 0 Å². The largest absolute Gasteiger partial charge is 0.382 e. The van der Waals surface area contributed by atoms with Crippen molar-refractivity contribution in [2.75, 3.05) is 52.5 Å². The maximum Gasteiger partial charge on any atom is 0.194 e. The van der Waals surface area contributed by atoms with Crippen LogP contribution in [0.2, 0.25) is 0 Å². The topological polar surface area (TPSA) is 70.8 Å². The number of rotatable bonds is 9. The molecule has 29 heavy (non-hydrogen) atoms. The summed E-state index contributed by atoms with van der Waals surface area (Å²) in [7, 11) is 2.00. The molecule has 1 atom stereocenters. The van der Waals surface area contributed by atoms with E-state index in [2.05, 4.69) is 25.3 Å². The van der Waals surface area contributed by atoms with Gasteiger partial charge < -0.3 is 24.4 Å². The molecule has 8 nitrogen and oxygen atoms in total. The van der Waals surface area contributed by atoms with Crippen LogP contribution in [0, 0.1) is 12.8 Å². The Hall–Kier alpha value is -1.67. The molecule has 2 aliphatic heterocycles. The van der Waals surface area contributed by atoms with Gasteiger partial charge >= 0.3 is 0 Å². The standard InChI is InChI=1S/C21H39N7O/c1-4-29-14-8-10-22-21(23-15-20-25-24-18(2)26(20)3)28-13-9-19(17-28)16-27-11-6-5-7-12-27/h19H,4-17H2,1-3H3,(H,22,23). The summed E-state index contributed by atoms with van der Waals surface area (Å²) in [5.74, 6) is 3.56. The summed E-state index contributed by atoms with van der Waals surface area (Å²) < 4.78 is 7.48. The molecule has 164 valence electrons. The summed E-state index contributed by atoms with van der Waals surface area (Å²) in [6, 6.07) is 0. The van der Waals surface area contributed by atoms with E-state index in [9.17, 15) is 0 Å². The summed E-state index contributed by atoms with van der Waals surface area (Å²) in [6.07, 6.45) is 6.36. The van der Waals surface area contributed by atoms with Gasteiger partial charge in [0.15, 0.2) is 11.8 Å². The Morgan fingerprint density at radius 1 is 1.21 bits per heavy atom. The van der Waals surface area contributed by atoms with E-state index in [1.54, 1.807) is 0 Å². The van der Waals surface area contributed by atoms with E-state index < -0.39 is 0 Å². The Kier molecular flexibility index (Phi) is 8.73. The third-order valence-electron chi connectivity index (χ3n) is 6.06. The van der Waals surface area contributed by atoms with E-state index in [-0.39, 0.29) is 0 Å². The molecule has 1 aromatic rings. The first kappa shape index (κ1) is 22.0. The van der Waals surface area contributed by atoms with Crippen molar-refractivity contribution in [3.8, 4) is 0 Å². The molecular weight excluding hydrogens is 366 g/mol. The minimum atomic E-state index is 0.554. The maximum atomic E-state index is 5.47. The molecule has 0 aliphatic carbocycles. The van der Waals surface area contributed by atoms with Crippen LogP contribution in [-0.2, 0) is 18.3 Å². The number of nitrogens with zero attached hydrogens (tertiary/aromatic N) is 6. The van der Waals surface area contributed by atoms with Gasteiger partial charge in [0.05, 0.1) is 0 Å². The van der Waals surface area contributed by atoms with Crippen molar-refractivity contribution in [3.05, 3.63) is 11.6 Å². The highest BCUT2D eigenvalue weighted by molar-refractivity contribution is 5.80. The molecule has 0 radical (unpaired) electrons. The summed E-state index contributed by atoms with van der Waals surface area (Å²) in [5, 5.41) is 12.0. The first-order chi connectivity index (χ1) is 14.2. The highest BCUT2D eigenvalue weighted by Crippen LogP contribution is 2.20. The number of likely N-dealkylation sites (tertiary alicyclic amines) is 2. The lowest BCUT2D eigenvalue weighted by Gasteiger charge is -2.29. The van der Waals surface area contributed by atoms with Gasteiger partial charge in [0.25, 0.3) is 0 Å². The molecule has 2 aliphatic rings. The van der Waals surface area contributed by atoms with Gasteiger partial charge in [-0.1, -0.05) is 6.42 Å². The summed E-state index contributed by atoms with van der Waals surface area (Å²) in [5.41, 5.74) is 0. The van der Waals surface area contributed by atoms with E-state index in [1.807, 2.05) is 25.5 Å². The lowest BCUT2D eigenvalue weighted by atomic mass is 10.1. The van der Waals surface area contributed by atoms with Crippen molar-refractivity contribution in [2.24, 2.45) is 18.0 Å². The predicted molar refractivity (Wildman–Crippen MR) is 116 cm³/mol. The number of aryl methyl sites for hydroxylation is 1. The van der Waals surface area contributed by atoms with Crippen molar-refractivity contribution in [2.45, 2.75) is 52.5 Å². The van der Waals surface area contributed by atoms with E-state index in [1.165, 1.54) is 45.3 Å². The fourth-order valence-corrected chi connectivity index (χ4v) is 4.20. The fraction of sp³-hybridized carbons (Fsp3) is 0.857. The third kappa shape index (κ3) is 6.67. The van der Waals surface area contributed by atoms with Crippen LogP contribution < -0.4 is 5.32 Å². The van der Waals surface area contributed by atoms with Crippen LogP contribution in [0.3, 0.4) is 0 Å². The van der Waals surface area contributed by atoms with Crippen LogP contribution in [0.15, 0.2) is 4.99 Å². The van der Waals surface area contributed by atoms with Crippen molar-refractivity contribution < 1.29 is 4.74 Å². The van der Waals surface area contributed by atoms with E-state index >= 15 is 0 Å². The van der Waals surface area contributed by atoms with Gasteiger partial charge in [0, 0.05) is 46.4 Å². The fourth-order valence-electron chi connectivity index (χ4n) is 4.20. The first-order valence-electron chi connectivity index (χ1n) is 11.4. The van der Waals surface area contributed by atoms with E-state index in [4.69, 9.17) is 9.73 Å². The quantitative estimate of drug-likeness (QED) is 0.384. The zero-order chi connectivity index (χ0) is 20.5. The Labute approximate surface area is 175 Å². The van der Waals surface area contributed by atoms with E-state index in [0.29, 0.717) is 6.54 Å². The molecule has 8 heteroatoms. The number of piperidine rings is 1.